The number of urea groups is 1. The lowest BCUT2D eigenvalue weighted by Crippen LogP contribution is -2.53. The molecule has 16 heteroatoms. The van der Waals surface area contributed by atoms with Gasteiger partial charge in [0.15, 0.2) is 5.03 Å². The van der Waals surface area contributed by atoms with E-state index < -0.39 is 45.1 Å². The summed E-state index contributed by atoms with van der Waals surface area (Å²) in [6.45, 7) is 4.13. The van der Waals surface area contributed by atoms with E-state index in [-0.39, 0.29) is 19.1 Å². The largest absolute Gasteiger partial charge is 0.480 e. The Labute approximate surface area is 183 Å². The molecule has 1 aromatic heterocycles. The van der Waals surface area contributed by atoms with E-state index in [4.69, 9.17) is 14.2 Å². The van der Waals surface area contributed by atoms with Gasteiger partial charge in [0.1, 0.15) is 12.1 Å². The van der Waals surface area contributed by atoms with Crippen molar-refractivity contribution < 1.29 is 37.0 Å². The van der Waals surface area contributed by atoms with Gasteiger partial charge >= 0.3 is 18.0 Å². The van der Waals surface area contributed by atoms with Crippen LogP contribution in [0.3, 0.4) is 0 Å². The van der Waals surface area contributed by atoms with Crippen LogP contribution in [-0.2, 0) is 35.6 Å². The Morgan fingerprint density at radius 2 is 1.88 bits per heavy atom. The Morgan fingerprint density at radius 1 is 1.19 bits per heavy atom. The van der Waals surface area contributed by atoms with Crippen molar-refractivity contribution in [2.45, 2.75) is 32.3 Å². The summed E-state index contributed by atoms with van der Waals surface area (Å²) in [7, 11) is -3.34. The average Bonchev–Trinajstić information content (AvgIpc) is 3.11. The molecule has 0 saturated heterocycles. The normalized spacial score (nSPS) is 13.3. The van der Waals surface area contributed by atoms with Crippen LogP contribution in [-0.4, -0.2) is 67.6 Å². The molecule has 1 aromatic rings. The molecule has 2 amide bonds. The fourth-order valence-electron chi connectivity index (χ4n) is 2.43. The summed E-state index contributed by atoms with van der Waals surface area (Å²) in [4.78, 5) is 36.4. The number of carbonyl (C=O) groups is 3. The molecule has 0 fully saturated rings. The van der Waals surface area contributed by atoms with E-state index in [2.05, 4.69) is 21.1 Å². The predicted octanol–water partition coefficient (Wildman–Crippen LogP) is -0.790. The highest BCUT2D eigenvalue weighted by Crippen LogP contribution is 2.17. The fourth-order valence-corrected chi connectivity index (χ4v) is 3.63. The van der Waals surface area contributed by atoms with Crippen LogP contribution in [0.25, 0.3) is 0 Å². The second-order valence-electron chi connectivity index (χ2n) is 5.99. The summed E-state index contributed by atoms with van der Waals surface area (Å²) >= 11 is 0. The van der Waals surface area contributed by atoms with E-state index in [9.17, 15) is 22.8 Å². The van der Waals surface area contributed by atoms with E-state index in [0.29, 0.717) is 10.4 Å². The van der Waals surface area contributed by atoms with Crippen LogP contribution < -0.4 is 15.6 Å². The number of sulfonamides is 1. The van der Waals surface area contributed by atoms with Gasteiger partial charge in [-0.05, 0) is 20.8 Å². The van der Waals surface area contributed by atoms with Crippen molar-refractivity contribution in [3.63, 3.8) is 0 Å². The number of hydrazine groups is 2. The molecule has 0 aliphatic carbocycles. The molecule has 1 aliphatic heterocycles. The Morgan fingerprint density at radius 3 is 2.50 bits per heavy atom. The van der Waals surface area contributed by atoms with Crippen LogP contribution in [0.5, 0.6) is 0 Å². The van der Waals surface area contributed by atoms with E-state index in [1.165, 1.54) is 20.1 Å². The third-order valence-corrected chi connectivity index (χ3v) is 4.98. The number of allylic oxidation sites excluding steroid dienone is 1. The number of methoxy groups -OCH3 is 1. The fraction of sp³-hybridized carbons (Fsp3) is 0.438. The number of esters is 2. The van der Waals surface area contributed by atoms with E-state index in [1.807, 2.05) is 0 Å². The number of hydrogen-bond donors (Lipinski definition) is 3. The first-order valence-corrected chi connectivity index (χ1v) is 10.7. The minimum absolute atomic E-state index is 0.0391. The zero-order valence-electron chi connectivity index (χ0n) is 17.7. The quantitative estimate of drug-likeness (QED) is 0.402. The lowest BCUT2D eigenvalue weighted by Gasteiger charge is -2.25. The zero-order valence-corrected chi connectivity index (χ0v) is 18.6. The Hall–Kier alpha value is -3.82. The van der Waals surface area contributed by atoms with Crippen LogP contribution in [0, 0.1) is 0 Å². The monoisotopic (exact) mass is 473 g/mol. The maximum atomic E-state index is 12.9. The molecule has 2 heterocycles. The van der Waals surface area contributed by atoms with Crippen LogP contribution in [0.4, 0.5) is 4.79 Å². The molecule has 0 aromatic carbocycles. The van der Waals surface area contributed by atoms with Crippen molar-refractivity contribution in [2.75, 3.05) is 20.3 Å². The second-order valence-corrected chi connectivity index (χ2v) is 7.58. The van der Waals surface area contributed by atoms with E-state index >= 15 is 0 Å². The van der Waals surface area contributed by atoms with E-state index in [1.54, 1.807) is 18.6 Å². The minimum atomic E-state index is -4.70. The smallest absolute Gasteiger partial charge is 0.350 e. The molecular formula is C16H23N7O8S. The van der Waals surface area contributed by atoms with Gasteiger partial charge in [-0.1, -0.05) is 5.10 Å². The topological polar surface area (TPSA) is 183 Å². The molecule has 3 N–H and O–H groups in total. The van der Waals surface area contributed by atoms with Gasteiger partial charge in [0.2, 0.25) is 5.90 Å². The van der Waals surface area contributed by atoms with Gasteiger partial charge in [-0.15, -0.1) is 5.23 Å². The summed E-state index contributed by atoms with van der Waals surface area (Å²) in [6.07, 6.45) is 2.45. The molecule has 0 spiro atoms. The third kappa shape index (κ3) is 6.10. The van der Waals surface area contributed by atoms with Crippen LogP contribution in [0.1, 0.15) is 31.1 Å². The maximum absolute atomic E-state index is 12.9. The third-order valence-electron chi connectivity index (χ3n) is 3.59. The summed E-state index contributed by atoms with van der Waals surface area (Å²) in [6, 6.07) is -1.23. The molecule has 0 radical (unpaired) electrons. The van der Waals surface area contributed by atoms with Crippen LogP contribution in [0.2, 0.25) is 0 Å². The zero-order chi connectivity index (χ0) is 23.9. The van der Waals surface area contributed by atoms with Gasteiger partial charge in [-0.2, -0.15) is 13.5 Å². The number of hydrogen-bond acceptors (Lipinski definition) is 12. The number of nitrogens with one attached hydrogen (secondary N) is 3. The van der Waals surface area contributed by atoms with Crippen molar-refractivity contribution in [2.24, 2.45) is 5.10 Å². The number of nitrogens with zero attached hydrogens (tertiary/aromatic N) is 4. The molecule has 0 bridgehead atoms. The highest BCUT2D eigenvalue weighted by molar-refractivity contribution is 7.90. The summed E-state index contributed by atoms with van der Waals surface area (Å²) in [5, 5.41) is 7.68. The van der Waals surface area contributed by atoms with Gasteiger partial charge < -0.3 is 14.2 Å². The minimum Gasteiger partial charge on any atom is -0.480 e. The molecule has 32 heavy (non-hydrogen) atoms. The summed E-state index contributed by atoms with van der Waals surface area (Å²) < 4.78 is 42.9. The Balaban J connectivity index is 2.29. The van der Waals surface area contributed by atoms with Gasteiger partial charge in [-0.25, -0.2) is 24.4 Å². The van der Waals surface area contributed by atoms with Crippen molar-refractivity contribution >= 4 is 33.9 Å². The van der Waals surface area contributed by atoms with Crippen molar-refractivity contribution in [3.8, 4) is 0 Å². The number of rotatable bonds is 8. The molecule has 2 rings (SSSR count). The molecule has 0 saturated carbocycles. The molecule has 15 nitrogen and oxygen atoms in total. The van der Waals surface area contributed by atoms with Gasteiger partial charge in [0.05, 0.1) is 26.5 Å². The van der Waals surface area contributed by atoms with Crippen LogP contribution >= 0.6 is 0 Å². The molecule has 176 valence electrons. The van der Waals surface area contributed by atoms with E-state index in [0.717, 1.165) is 11.4 Å². The number of carbonyl (C=O) groups excluding carboxylic acids is 3. The number of ether oxygens (including phenoxy) is 3. The highest BCUT2D eigenvalue weighted by Gasteiger charge is 2.32. The van der Waals surface area contributed by atoms with Gasteiger partial charge in [0, 0.05) is 11.8 Å². The van der Waals surface area contributed by atoms with Crippen LogP contribution in [0.15, 0.2) is 28.1 Å². The second kappa shape index (κ2) is 10.5. The Kier molecular flexibility index (Phi) is 8.00. The first kappa shape index (κ1) is 24.4. The Bertz CT molecular complexity index is 1050. The average molecular weight is 473 g/mol. The predicted molar refractivity (Wildman–Crippen MR) is 107 cm³/mol. The van der Waals surface area contributed by atoms with Gasteiger partial charge in [-0.3, -0.25) is 10.2 Å². The van der Waals surface area contributed by atoms with Crippen molar-refractivity contribution in [1.29, 1.82) is 0 Å². The summed E-state index contributed by atoms with van der Waals surface area (Å²) in [5.41, 5.74) is 4.84. The first-order chi connectivity index (χ1) is 15.1. The van der Waals surface area contributed by atoms with Gasteiger partial charge in [0.25, 0.3) is 10.0 Å². The number of hydrazone groups is 1. The molecular weight excluding hydrogens is 450 g/mol. The first-order valence-electron chi connectivity index (χ1n) is 9.20. The maximum Gasteiger partial charge on any atom is 0.350 e. The molecule has 1 aliphatic rings. The highest BCUT2D eigenvalue weighted by atomic mass is 32.2. The lowest BCUT2D eigenvalue weighted by atomic mass is 10.4. The number of amides is 2. The lowest BCUT2D eigenvalue weighted by molar-refractivity contribution is -0.144. The number of aromatic nitrogens is 2. The summed E-state index contributed by atoms with van der Waals surface area (Å²) in [5.74, 6) is -1.66. The molecule has 0 unspecified atom stereocenters. The van der Waals surface area contributed by atoms with Crippen molar-refractivity contribution in [3.05, 3.63) is 23.5 Å². The SMILES string of the molecule is CCOC(=O)Cn1ncc(C(=O)OCC)c1S(=O)(=O)NC(=O)NN1N=C(OC)C=C(C)N1. The standard InChI is InChI=1S/C16H23N7O8S/c1-5-30-13(24)9-22-14(11(8-17-22)15(25)31-6-2)32(27,28)21-16(26)20-23-18-10(3)7-12(19-23)29-4/h7-8,18H,5-6,9H2,1-4H3,(H2,20,21,26). The van der Waals surface area contributed by atoms with Crippen molar-refractivity contribution in [1.82, 2.24) is 30.6 Å². The molecule has 0 atom stereocenters.